The van der Waals surface area contributed by atoms with Crippen molar-refractivity contribution in [2.45, 2.75) is 12.6 Å². The Balaban J connectivity index is 1.51. The summed E-state index contributed by atoms with van der Waals surface area (Å²) >= 11 is 0. The van der Waals surface area contributed by atoms with Gasteiger partial charge in [0, 0.05) is 37.3 Å². The van der Waals surface area contributed by atoms with Gasteiger partial charge in [0.2, 0.25) is 0 Å². The number of amides is 1. The molecule has 3 N–H and O–H groups in total. The highest BCUT2D eigenvalue weighted by Gasteiger charge is 2.20. The molecule has 172 valence electrons. The first-order chi connectivity index (χ1) is 16.1. The fraction of sp³-hybridized carbons (Fsp3) is 0.308. The Hall–Kier alpha value is -3.44. The van der Waals surface area contributed by atoms with Gasteiger partial charge in [0.15, 0.2) is 0 Å². The van der Waals surface area contributed by atoms with Gasteiger partial charge in [0.1, 0.15) is 6.04 Å². The molecule has 0 aromatic heterocycles. The maximum Gasteiger partial charge on any atom is 0.329 e. The van der Waals surface area contributed by atoms with Crippen molar-refractivity contribution in [3.05, 3.63) is 76.9 Å². The Labute approximate surface area is 194 Å². The Morgan fingerprint density at radius 2 is 1.85 bits per heavy atom. The number of nitrogens with one attached hydrogen (secondary N) is 1. The molecule has 1 aliphatic rings. The average Bonchev–Trinajstić information content (AvgIpc) is 2.86. The molecule has 3 rings (SSSR count). The smallest absolute Gasteiger partial charge is 0.329 e. The van der Waals surface area contributed by atoms with Crippen LogP contribution in [0.15, 0.2) is 54.6 Å². The molecule has 7 nitrogen and oxygen atoms in total. The zero-order valence-corrected chi connectivity index (χ0v) is 18.8. The normalized spacial score (nSPS) is 14.8. The fourth-order valence-electron chi connectivity index (χ4n) is 3.32. The SMILES string of the molecule is COC(=O)C(CN)NC(=O)c1ccc(C#C/C=C\c2ccc(CN3CCOCC3)cc2)cc1. The lowest BCUT2D eigenvalue weighted by Crippen LogP contribution is -2.46. The zero-order chi connectivity index (χ0) is 23.5. The summed E-state index contributed by atoms with van der Waals surface area (Å²) < 4.78 is 10.0. The van der Waals surface area contributed by atoms with E-state index in [9.17, 15) is 9.59 Å². The second-order valence-electron chi connectivity index (χ2n) is 7.60. The van der Waals surface area contributed by atoms with Gasteiger partial charge in [-0.05, 0) is 47.5 Å². The Bertz CT molecular complexity index is 1010. The largest absolute Gasteiger partial charge is 0.467 e. The molecule has 1 heterocycles. The number of nitrogens with zero attached hydrogens (tertiary/aromatic N) is 1. The van der Waals surface area contributed by atoms with Crippen LogP contribution in [0.5, 0.6) is 0 Å². The van der Waals surface area contributed by atoms with E-state index in [4.69, 9.17) is 10.5 Å². The Morgan fingerprint density at radius 1 is 1.15 bits per heavy atom. The molecule has 7 heteroatoms. The Kier molecular flexibility index (Phi) is 9.21. The second-order valence-corrected chi connectivity index (χ2v) is 7.60. The van der Waals surface area contributed by atoms with Crippen molar-refractivity contribution in [1.82, 2.24) is 10.2 Å². The van der Waals surface area contributed by atoms with Crippen LogP contribution in [-0.4, -0.2) is 62.8 Å². The van der Waals surface area contributed by atoms with Gasteiger partial charge < -0.3 is 20.5 Å². The lowest BCUT2D eigenvalue weighted by molar-refractivity contribution is -0.142. The highest BCUT2D eigenvalue weighted by molar-refractivity contribution is 5.96. The van der Waals surface area contributed by atoms with Crippen LogP contribution >= 0.6 is 0 Å². The van der Waals surface area contributed by atoms with Crippen LogP contribution in [0.2, 0.25) is 0 Å². The number of benzene rings is 2. The van der Waals surface area contributed by atoms with Gasteiger partial charge in [-0.1, -0.05) is 36.1 Å². The Morgan fingerprint density at radius 3 is 2.48 bits per heavy atom. The van der Waals surface area contributed by atoms with Crippen molar-refractivity contribution in [2.24, 2.45) is 5.73 Å². The van der Waals surface area contributed by atoms with Gasteiger partial charge in [0.05, 0.1) is 20.3 Å². The van der Waals surface area contributed by atoms with Gasteiger partial charge in [-0.3, -0.25) is 9.69 Å². The lowest BCUT2D eigenvalue weighted by Gasteiger charge is -2.26. The van der Waals surface area contributed by atoms with Crippen LogP contribution in [0.1, 0.15) is 27.0 Å². The summed E-state index contributed by atoms with van der Waals surface area (Å²) in [5, 5.41) is 2.56. The summed E-state index contributed by atoms with van der Waals surface area (Å²) in [6.07, 6.45) is 3.77. The van der Waals surface area contributed by atoms with Crippen molar-refractivity contribution in [3.63, 3.8) is 0 Å². The predicted molar refractivity (Wildman–Crippen MR) is 127 cm³/mol. The van der Waals surface area contributed by atoms with Crippen LogP contribution in [0.3, 0.4) is 0 Å². The van der Waals surface area contributed by atoms with Crippen LogP contribution in [0.25, 0.3) is 6.08 Å². The van der Waals surface area contributed by atoms with Crippen molar-refractivity contribution < 1.29 is 19.1 Å². The highest BCUT2D eigenvalue weighted by Crippen LogP contribution is 2.10. The number of nitrogens with two attached hydrogens (primary N) is 1. The number of allylic oxidation sites excluding steroid dienone is 1. The summed E-state index contributed by atoms with van der Waals surface area (Å²) in [7, 11) is 1.25. The van der Waals surface area contributed by atoms with Crippen LogP contribution in [0, 0.1) is 11.8 Å². The topological polar surface area (TPSA) is 93.9 Å². The molecule has 0 spiro atoms. The van der Waals surface area contributed by atoms with Gasteiger partial charge in [0.25, 0.3) is 5.91 Å². The molecule has 1 fully saturated rings. The van der Waals surface area contributed by atoms with E-state index in [2.05, 4.69) is 51.1 Å². The van der Waals surface area contributed by atoms with E-state index < -0.39 is 17.9 Å². The van der Waals surface area contributed by atoms with Gasteiger partial charge in [-0.15, -0.1) is 0 Å². The molecule has 33 heavy (non-hydrogen) atoms. The molecular weight excluding hydrogens is 418 g/mol. The van der Waals surface area contributed by atoms with E-state index in [0.717, 1.165) is 44.0 Å². The number of morpholine rings is 1. The number of methoxy groups -OCH3 is 1. The van der Waals surface area contributed by atoms with Crippen LogP contribution in [-0.2, 0) is 20.8 Å². The first kappa shape index (κ1) is 24.2. The fourth-order valence-corrected chi connectivity index (χ4v) is 3.32. The number of ether oxygens (including phenoxy) is 2. The zero-order valence-electron chi connectivity index (χ0n) is 18.8. The molecule has 1 atom stereocenters. The molecule has 2 aromatic carbocycles. The molecule has 1 amide bonds. The standard InChI is InChI=1S/C26H29N3O4/c1-32-26(31)24(18-27)28-25(30)23-12-10-21(11-13-23)5-3-2-4-20-6-8-22(9-7-20)19-29-14-16-33-17-15-29/h2,4,6-13,24H,14-19,27H2,1H3,(H,28,30)/b4-2-. The number of hydrogen-bond donors (Lipinski definition) is 2. The van der Waals surface area contributed by atoms with Crippen LogP contribution < -0.4 is 11.1 Å². The van der Waals surface area contributed by atoms with Crippen molar-refractivity contribution in [2.75, 3.05) is 40.0 Å². The molecule has 0 radical (unpaired) electrons. The van der Waals surface area contributed by atoms with E-state index in [1.807, 2.05) is 6.08 Å². The third-order valence-corrected chi connectivity index (χ3v) is 5.24. The second kappa shape index (κ2) is 12.6. The minimum absolute atomic E-state index is 0.0368. The summed E-state index contributed by atoms with van der Waals surface area (Å²) in [6.45, 7) is 4.47. The number of carbonyl (C=O) groups is 2. The first-order valence-corrected chi connectivity index (χ1v) is 10.8. The molecule has 0 bridgehead atoms. The number of hydrogen-bond acceptors (Lipinski definition) is 6. The maximum atomic E-state index is 12.3. The minimum atomic E-state index is -0.875. The average molecular weight is 448 g/mol. The number of carbonyl (C=O) groups excluding carboxylic acids is 2. The first-order valence-electron chi connectivity index (χ1n) is 10.8. The van der Waals surface area contributed by atoms with Gasteiger partial charge in [-0.2, -0.15) is 0 Å². The summed E-state index contributed by atoms with van der Waals surface area (Å²) in [5.74, 6) is 5.08. The van der Waals surface area contributed by atoms with Crippen molar-refractivity contribution in [1.29, 1.82) is 0 Å². The van der Waals surface area contributed by atoms with E-state index in [1.54, 1.807) is 30.3 Å². The molecule has 2 aromatic rings. The summed E-state index contributed by atoms with van der Waals surface area (Å²) in [5.41, 5.74) is 9.07. The van der Waals surface area contributed by atoms with E-state index in [-0.39, 0.29) is 6.54 Å². The van der Waals surface area contributed by atoms with E-state index >= 15 is 0 Å². The number of rotatable bonds is 7. The van der Waals surface area contributed by atoms with E-state index in [0.29, 0.717) is 5.56 Å². The van der Waals surface area contributed by atoms with Crippen LogP contribution in [0.4, 0.5) is 0 Å². The lowest BCUT2D eigenvalue weighted by atomic mass is 10.1. The molecule has 1 unspecified atom stereocenters. The summed E-state index contributed by atoms with van der Waals surface area (Å²) in [6, 6.07) is 14.4. The predicted octanol–water partition coefficient (Wildman–Crippen LogP) is 1.81. The molecular formula is C26H29N3O4. The third kappa shape index (κ3) is 7.58. The monoisotopic (exact) mass is 447 g/mol. The maximum absolute atomic E-state index is 12.3. The minimum Gasteiger partial charge on any atom is -0.467 e. The summed E-state index contributed by atoms with van der Waals surface area (Å²) in [4.78, 5) is 26.2. The molecule has 1 saturated heterocycles. The highest BCUT2D eigenvalue weighted by atomic mass is 16.5. The molecule has 0 saturated carbocycles. The number of esters is 1. The van der Waals surface area contributed by atoms with E-state index in [1.165, 1.54) is 12.7 Å². The molecule has 0 aliphatic carbocycles. The van der Waals surface area contributed by atoms with Crippen molar-refractivity contribution >= 4 is 18.0 Å². The molecule has 1 aliphatic heterocycles. The van der Waals surface area contributed by atoms with Crippen molar-refractivity contribution in [3.8, 4) is 11.8 Å². The quantitative estimate of drug-likeness (QED) is 0.497. The third-order valence-electron chi connectivity index (χ3n) is 5.24. The van der Waals surface area contributed by atoms with Gasteiger partial charge in [-0.25, -0.2) is 4.79 Å². The van der Waals surface area contributed by atoms with Gasteiger partial charge >= 0.3 is 5.97 Å².